The number of fused-ring (bicyclic) bond motifs is 1. The van der Waals surface area contributed by atoms with E-state index in [0.29, 0.717) is 30.4 Å². The predicted octanol–water partition coefficient (Wildman–Crippen LogP) is 2.20. The first-order chi connectivity index (χ1) is 16.1. The Morgan fingerprint density at radius 2 is 2.00 bits per heavy atom. The second-order valence-corrected chi connectivity index (χ2v) is 10.5. The third kappa shape index (κ3) is 4.98. The molecule has 0 aromatic carbocycles. The van der Waals surface area contributed by atoms with Gasteiger partial charge in [-0.2, -0.15) is 4.98 Å². The fraction of sp³-hybridized carbons (Fsp3) is 0.565. The highest BCUT2D eigenvalue weighted by atomic mass is 32.1. The van der Waals surface area contributed by atoms with Gasteiger partial charge in [0, 0.05) is 31.5 Å². The number of hydrogen-bond donors (Lipinski definition) is 5. The largest absolute Gasteiger partial charge is 0.390 e. The number of rotatable bonds is 8. The molecule has 0 aliphatic heterocycles. The molecule has 4 rings (SSSR count). The number of aliphatic hydroxyl groups is 3. The van der Waals surface area contributed by atoms with E-state index in [4.69, 9.17) is 9.72 Å². The Labute approximate surface area is 202 Å². The standard InChI is InChI=1S/C23H32N6O4S/c1-11(10-33-5)26-22-25-9-13(21-28-17-12(2)24-7-6-16(17)34-21)20(29-22)27-15-8-14(23(3,4)32)18(30)19(15)31/h6-7,9,11,14-15,18-19,30-32H,8,10H2,1-5H3,(H2,25,26,27,29)/t11-,14+,15-,18-,19+/m1/s1. The average Bonchev–Trinajstić information content (AvgIpc) is 3.32. The highest BCUT2D eigenvalue weighted by Crippen LogP contribution is 2.39. The molecule has 0 saturated heterocycles. The second-order valence-electron chi connectivity index (χ2n) is 9.45. The van der Waals surface area contributed by atoms with Crippen LogP contribution in [0.5, 0.6) is 0 Å². The summed E-state index contributed by atoms with van der Waals surface area (Å²) >= 11 is 1.51. The Balaban J connectivity index is 1.71. The summed E-state index contributed by atoms with van der Waals surface area (Å²) < 4.78 is 6.19. The van der Waals surface area contributed by atoms with Gasteiger partial charge in [-0.25, -0.2) is 9.97 Å². The van der Waals surface area contributed by atoms with Crippen LogP contribution in [0.4, 0.5) is 11.8 Å². The zero-order chi connectivity index (χ0) is 24.6. The van der Waals surface area contributed by atoms with Crippen molar-refractivity contribution in [2.45, 2.75) is 64.0 Å². The number of methoxy groups -OCH3 is 1. The minimum absolute atomic E-state index is 0.0154. The summed E-state index contributed by atoms with van der Waals surface area (Å²) in [5.41, 5.74) is 1.21. The zero-order valence-corrected chi connectivity index (χ0v) is 20.8. The summed E-state index contributed by atoms with van der Waals surface area (Å²) in [7, 11) is 1.63. The third-order valence-corrected chi connectivity index (χ3v) is 7.27. The maximum absolute atomic E-state index is 10.7. The molecular formula is C23H32N6O4S. The number of thiazole rings is 1. The van der Waals surface area contributed by atoms with E-state index < -0.39 is 29.8 Å². The van der Waals surface area contributed by atoms with E-state index in [-0.39, 0.29) is 6.04 Å². The van der Waals surface area contributed by atoms with Crippen molar-refractivity contribution in [3.8, 4) is 10.6 Å². The van der Waals surface area contributed by atoms with Gasteiger partial charge >= 0.3 is 0 Å². The average molecular weight is 489 g/mol. The van der Waals surface area contributed by atoms with Crippen LogP contribution in [0.15, 0.2) is 18.5 Å². The molecule has 34 heavy (non-hydrogen) atoms. The Bertz CT molecular complexity index is 1150. The van der Waals surface area contributed by atoms with Crippen LogP contribution < -0.4 is 10.6 Å². The highest BCUT2D eigenvalue weighted by molar-refractivity contribution is 7.21. The van der Waals surface area contributed by atoms with Crippen LogP contribution >= 0.6 is 11.3 Å². The summed E-state index contributed by atoms with van der Waals surface area (Å²) in [6.45, 7) is 7.64. The van der Waals surface area contributed by atoms with Crippen molar-refractivity contribution in [2.75, 3.05) is 24.4 Å². The van der Waals surface area contributed by atoms with Crippen molar-refractivity contribution < 1.29 is 20.1 Å². The molecule has 0 radical (unpaired) electrons. The van der Waals surface area contributed by atoms with Gasteiger partial charge in [-0.05, 0) is 40.2 Å². The van der Waals surface area contributed by atoms with Crippen LogP contribution in [0.2, 0.25) is 0 Å². The number of nitrogens with zero attached hydrogens (tertiary/aromatic N) is 4. The van der Waals surface area contributed by atoms with Crippen molar-refractivity contribution in [3.05, 3.63) is 24.2 Å². The number of ether oxygens (including phenoxy) is 1. The molecule has 3 aromatic rings. The number of aryl methyl sites for hydroxylation is 1. The lowest BCUT2D eigenvalue weighted by atomic mass is 9.88. The van der Waals surface area contributed by atoms with Crippen molar-refractivity contribution in [1.29, 1.82) is 0 Å². The van der Waals surface area contributed by atoms with E-state index in [1.807, 2.05) is 19.9 Å². The summed E-state index contributed by atoms with van der Waals surface area (Å²) in [5, 5.41) is 39.0. The van der Waals surface area contributed by atoms with Gasteiger partial charge in [-0.15, -0.1) is 11.3 Å². The molecule has 0 unspecified atom stereocenters. The maximum Gasteiger partial charge on any atom is 0.224 e. The third-order valence-electron chi connectivity index (χ3n) is 6.21. The minimum atomic E-state index is -1.13. The number of hydrogen-bond acceptors (Lipinski definition) is 11. The quantitative estimate of drug-likeness (QED) is 0.320. The number of nitrogens with one attached hydrogen (secondary N) is 2. The molecule has 1 aliphatic rings. The zero-order valence-electron chi connectivity index (χ0n) is 20.0. The maximum atomic E-state index is 10.7. The number of aliphatic hydroxyl groups excluding tert-OH is 2. The molecule has 3 aromatic heterocycles. The number of aromatic nitrogens is 4. The predicted molar refractivity (Wildman–Crippen MR) is 132 cm³/mol. The molecule has 1 aliphatic carbocycles. The molecule has 5 atom stereocenters. The normalized spacial score (nSPS) is 23.9. The monoisotopic (exact) mass is 488 g/mol. The van der Waals surface area contributed by atoms with Crippen molar-refractivity contribution in [2.24, 2.45) is 5.92 Å². The second kappa shape index (κ2) is 9.67. The van der Waals surface area contributed by atoms with Crippen molar-refractivity contribution in [3.63, 3.8) is 0 Å². The summed E-state index contributed by atoms with van der Waals surface area (Å²) in [5.74, 6) is 0.405. The van der Waals surface area contributed by atoms with Crippen molar-refractivity contribution in [1.82, 2.24) is 19.9 Å². The SMILES string of the molecule is COC[C@@H](C)Nc1ncc(-c2nc3c(C)nccc3s2)c(N[C@@H]2C[C@H](C(C)(C)O)[C@@H](O)[C@H]2O)n1. The van der Waals surface area contributed by atoms with Gasteiger partial charge in [0.05, 0.1) is 40.3 Å². The van der Waals surface area contributed by atoms with Gasteiger partial charge in [0.1, 0.15) is 22.4 Å². The molecule has 1 fully saturated rings. The molecule has 3 heterocycles. The van der Waals surface area contributed by atoms with E-state index >= 15 is 0 Å². The van der Waals surface area contributed by atoms with Crippen LogP contribution in [0.3, 0.4) is 0 Å². The Morgan fingerprint density at radius 1 is 1.24 bits per heavy atom. The molecule has 184 valence electrons. The van der Waals surface area contributed by atoms with E-state index in [9.17, 15) is 15.3 Å². The first kappa shape index (κ1) is 24.7. The van der Waals surface area contributed by atoms with E-state index in [1.54, 1.807) is 33.4 Å². The molecule has 0 amide bonds. The van der Waals surface area contributed by atoms with Gasteiger partial charge in [0.15, 0.2) is 0 Å². The fourth-order valence-electron chi connectivity index (χ4n) is 4.38. The molecule has 1 saturated carbocycles. The summed E-state index contributed by atoms with van der Waals surface area (Å²) in [6, 6.07) is 1.39. The van der Waals surface area contributed by atoms with Crippen LogP contribution in [-0.4, -0.2) is 78.9 Å². The summed E-state index contributed by atoms with van der Waals surface area (Å²) in [4.78, 5) is 18.3. The lowest BCUT2D eigenvalue weighted by Gasteiger charge is -2.28. The lowest BCUT2D eigenvalue weighted by molar-refractivity contribution is -0.0601. The van der Waals surface area contributed by atoms with Gasteiger partial charge in [-0.3, -0.25) is 4.98 Å². The van der Waals surface area contributed by atoms with E-state index in [2.05, 4.69) is 25.6 Å². The minimum Gasteiger partial charge on any atom is -0.390 e. The van der Waals surface area contributed by atoms with Crippen LogP contribution in [0.1, 0.15) is 32.9 Å². The first-order valence-electron chi connectivity index (χ1n) is 11.3. The highest BCUT2D eigenvalue weighted by Gasteiger charge is 2.47. The summed E-state index contributed by atoms with van der Waals surface area (Å²) in [6.07, 6.45) is 1.71. The Hall–Kier alpha value is -2.44. The molecule has 5 N–H and O–H groups in total. The topological polar surface area (TPSA) is 146 Å². The lowest BCUT2D eigenvalue weighted by Crippen LogP contribution is -2.40. The van der Waals surface area contributed by atoms with Crippen LogP contribution in [0.25, 0.3) is 20.8 Å². The molecule has 10 nitrogen and oxygen atoms in total. The fourth-order valence-corrected chi connectivity index (χ4v) is 5.41. The molecule has 0 spiro atoms. The van der Waals surface area contributed by atoms with Crippen molar-refractivity contribution >= 4 is 33.3 Å². The molecule has 11 heteroatoms. The van der Waals surface area contributed by atoms with Crippen LogP contribution in [0, 0.1) is 12.8 Å². The molecule has 0 bridgehead atoms. The van der Waals surface area contributed by atoms with Gasteiger partial charge < -0.3 is 30.7 Å². The van der Waals surface area contributed by atoms with Gasteiger partial charge in [-0.1, -0.05) is 0 Å². The number of pyridine rings is 1. The van der Waals surface area contributed by atoms with Crippen LogP contribution in [-0.2, 0) is 4.74 Å². The van der Waals surface area contributed by atoms with E-state index in [1.165, 1.54) is 11.3 Å². The Morgan fingerprint density at radius 3 is 2.65 bits per heavy atom. The van der Waals surface area contributed by atoms with Gasteiger partial charge in [0.2, 0.25) is 5.95 Å². The van der Waals surface area contributed by atoms with Gasteiger partial charge in [0.25, 0.3) is 0 Å². The molecular weight excluding hydrogens is 456 g/mol. The number of anilines is 2. The smallest absolute Gasteiger partial charge is 0.224 e. The first-order valence-corrected chi connectivity index (χ1v) is 12.1. The Kier molecular flexibility index (Phi) is 7.02. The van der Waals surface area contributed by atoms with E-state index in [0.717, 1.165) is 20.9 Å².